The number of rotatable bonds is 6. The zero-order chi connectivity index (χ0) is 26.1. The van der Waals surface area contributed by atoms with E-state index in [9.17, 15) is 14.4 Å². The largest absolute Gasteiger partial charge is 0.496 e. The molecule has 0 amide bonds. The summed E-state index contributed by atoms with van der Waals surface area (Å²) in [5, 5.41) is 9.55. The second-order valence-corrected chi connectivity index (χ2v) is 9.36. The van der Waals surface area contributed by atoms with Crippen molar-refractivity contribution in [2.45, 2.75) is 32.2 Å². The van der Waals surface area contributed by atoms with Crippen molar-refractivity contribution in [3.63, 3.8) is 0 Å². The number of carbonyl (C=O) groups excluding carboxylic acids is 2. The zero-order valence-electron chi connectivity index (χ0n) is 20.6. The molecule has 0 bridgehead atoms. The molecule has 1 fully saturated rings. The van der Waals surface area contributed by atoms with E-state index >= 15 is 0 Å². The van der Waals surface area contributed by atoms with Crippen LogP contribution in [0.4, 0.5) is 5.95 Å². The molecule has 3 heterocycles. The zero-order valence-corrected chi connectivity index (χ0v) is 21.3. The lowest BCUT2D eigenvalue weighted by Gasteiger charge is -2.21. The molecule has 1 saturated heterocycles. The van der Waals surface area contributed by atoms with Crippen LogP contribution in [-0.2, 0) is 11.3 Å². The number of hydrogen-bond acceptors (Lipinski definition) is 8. The van der Waals surface area contributed by atoms with E-state index in [1.165, 1.54) is 30.9 Å². The first-order valence-corrected chi connectivity index (χ1v) is 12.4. The van der Waals surface area contributed by atoms with Crippen molar-refractivity contribution in [1.82, 2.24) is 19.2 Å². The summed E-state index contributed by atoms with van der Waals surface area (Å²) < 4.78 is 13.2. The molecule has 0 aliphatic carbocycles. The molecule has 10 nitrogen and oxygen atoms in total. The van der Waals surface area contributed by atoms with Crippen molar-refractivity contribution >= 4 is 46.0 Å². The number of nitrogens with zero attached hydrogens (tertiary/aromatic N) is 5. The molecular formula is C26H26ClN5O5. The van der Waals surface area contributed by atoms with Crippen LogP contribution in [0.3, 0.4) is 0 Å². The Kier molecular flexibility index (Phi) is 6.84. The van der Waals surface area contributed by atoms with Crippen molar-refractivity contribution in [1.29, 1.82) is 0 Å². The first kappa shape index (κ1) is 24.8. The number of anilines is 1. The normalized spacial score (nSPS) is 14.1. The molecule has 192 valence electrons. The number of esters is 1. The lowest BCUT2D eigenvalue weighted by molar-refractivity contribution is 0.0597. The molecule has 2 aromatic heterocycles. The van der Waals surface area contributed by atoms with E-state index < -0.39 is 17.3 Å². The Morgan fingerprint density at radius 1 is 1.00 bits per heavy atom. The van der Waals surface area contributed by atoms with Gasteiger partial charge in [-0.05, 0) is 49.2 Å². The average Bonchev–Trinajstić information content (AvgIpc) is 3.17. The van der Waals surface area contributed by atoms with Gasteiger partial charge in [-0.15, -0.1) is 10.2 Å². The van der Waals surface area contributed by atoms with Gasteiger partial charge >= 0.3 is 5.97 Å². The van der Waals surface area contributed by atoms with Gasteiger partial charge in [0, 0.05) is 23.7 Å². The number of ketones is 1. The molecule has 5 rings (SSSR count). The maximum atomic E-state index is 13.6. The van der Waals surface area contributed by atoms with Gasteiger partial charge in [0.05, 0.1) is 31.7 Å². The highest BCUT2D eigenvalue weighted by Crippen LogP contribution is 2.25. The second-order valence-electron chi connectivity index (χ2n) is 8.92. The van der Waals surface area contributed by atoms with Crippen LogP contribution < -0.4 is 15.2 Å². The van der Waals surface area contributed by atoms with Gasteiger partial charge in [-0.25, -0.2) is 9.20 Å². The minimum Gasteiger partial charge on any atom is -0.496 e. The molecular weight excluding hydrogens is 498 g/mol. The minimum absolute atomic E-state index is 0.115. The SMILES string of the molecule is COC(=O)c1cc(C(=O)Cn2c(=O)c3cc(Cl)ccc3n3c(N4CCCCCC4)nnc23)ccc1OC. The summed E-state index contributed by atoms with van der Waals surface area (Å²) in [4.78, 5) is 41.3. The van der Waals surface area contributed by atoms with Crippen LogP contribution in [0.5, 0.6) is 5.75 Å². The van der Waals surface area contributed by atoms with Crippen LogP contribution >= 0.6 is 11.6 Å². The van der Waals surface area contributed by atoms with Crippen molar-refractivity contribution in [3.8, 4) is 5.75 Å². The summed E-state index contributed by atoms with van der Waals surface area (Å²) in [7, 11) is 2.67. The van der Waals surface area contributed by atoms with Crippen LogP contribution in [0.1, 0.15) is 46.4 Å². The number of aromatic nitrogens is 4. The van der Waals surface area contributed by atoms with Gasteiger partial charge < -0.3 is 14.4 Å². The Labute approximate surface area is 217 Å². The maximum absolute atomic E-state index is 13.6. The third kappa shape index (κ3) is 4.53. The Morgan fingerprint density at radius 2 is 1.76 bits per heavy atom. The predicted octanol–water partition coefficient (Wildman–Crippen LogP) is 3.76. The molecule has 37 heavy (non-hydrogen) atoms. The fourth-order valence-electron chi connectivity index (χ4n) is 4.77. The van der Waals surface area contributed by atoms with Gasteiger partial charge in [0.15, 0.2) is 5.78 Å². The molecule has 1 aliphatic rings. The van der Waals surface area contributed by atoms with E-state index in [0.29, 0.717) is 21.9 Å². The van der Waals surface area contributed by atoms with E-state index in [-0.39, 0.29) is 29.2 Å². The van der Waals surface area contributed by atoms with Gasteiger partial charge in [0.2, 0.25) is 11.7 Å². The van der Waals surface area contributed by atoms with Crippen LogP contribution in [0.15, 0.2) is 41.2 Å². The highest BCUT2D eigenvalue weighted by molar-refractivity contribution is 6.31. The summed E-state index contributed by atoms with van der Waals surface area (Å²) in [6.45, 7) is 1.35. The maximum Gasteiger partial charge on any atom is 0.341 e. The molecule has 0 radical (unpaired) electrons. The highest BCUT2D eigenvalue weighted by Gasteiger charge is 2.23. The van der Waals surface area contributed by atoms with Crippen LogP contribution in [0.25, 0.3) is 16.7 Å². The van der Waals surface area contributed by atoms with Crippen LogP contribution in [-0.4, -0.2) is 58.2 Å². The monoisotopic (exact) mass is 523 g/mol. The predicted molar refractivity (Wildman–Crippen MR) is 139 cm³/mol. The lowest BCUT2D eigenvalue weighted by atomic mass is 10.1. The van der Waals surface area contributed by atoms with Crippen LogP contribution in [0.2, 0.25) is 5.02 Å². The fraction of sp³-hybridized carbons (Fsp3) is 0.346. The molecule has 4 aromatic rings. The molecule has 0 atom stereocenters. The summed E-state index contributed by atoms with van der Waals surface area (Å²) >= 11 is 6.25. The van der Waals surface area contributed by atoms with E-state index in [4.69, 9.17) is 21.1 Å². The van der Waals surface area contributed by atoms with Gasteiger partial charge in [0.25, 0.3) is 5.56 Å². The first-order valence-electron chi connectivity index (χ1n) is 12.0. The third-order valence-corrected chi connectivity index (χ3v) is 6.90. The second kappa shape index (κ2) is 10.2. The van der Waals surface area contributed by atoms with Crippen molar-refractivity contribution in [3.05, 3.63) is 62.9 Å². The fourth-order valence-corrected chi connectivity index (χ4v) is 4.95. The molecule has 0 saturated carbocycles. The molecule has 2 aromatic carbocycles. The smallest absolute Gasteiger partial charge is 0.341 e. The molecule has 0 N–H and O–H groups in total. The molecule has 1 aliphatic heterocycles. The Morgan fingerprint density at radius 3 is 2.46 bits per heavy atom. The highest BCUT2D eigenvalue weighted by atomic mass is 35.5. The average molecular weight is 524 g/mol. The minimum atomic E-state index is -0.633. The van der Waals surface area contributed by atoms with Gasteiger partial charge in [0.1, 0.15) is 11.3 Å². The number of benzene rings is 2. The number of methoxy groups -OCH3 is 2. The number of ether oxygens (including phenoxy) is 2. The topological polar surface area (TPSA) is 108 Å². The van der Waals surface area contributed by atoms with E-state index in [1.807, 2.05) is 4.40 Å². The first-order chi connectivity index (χ1) is 17.9. The quantitative estimate of drug-likeness (QED) is 0.278. The van der Waals surface area contributed by atoms with Gasteiger partial charge in [-0.2, -0.15) is 0 Å². The number of Topliss-reactive ketones (excluding diaryl/α,β-unsaturated/α-hetero) is 1. The Balaban J connectivity index is 1.64. The van der Waals surface area contributed by atoms with E-state index in [1.54, 1.807) is 24.3 Å². The molecule has 11 heteroatoms. The van der Waals surface area contributed by atoms with E-state index in [2.05, 4.69) is 15.1 Å². The number of hydrogen-bond donors (Lipinski definition) is 0. The standard InChI is InChI=1S/C26H26ClN5O5/c1-36-22-10-7-16(13-19(22)24(35)37-2)21(33)15-31-23(34)18-14-17(27)8-9-20(18)32-25(28-29-26(31)32)30-11-5-3-4-6-12-30/h7-10,13-14H,3-6,11-12,15H2,1-2H3. The third-order valence-electron chi connectivity index (χ3n) is 6.66. The summed E-state index contributed by atoms with van der Waals surface area (Å²) in [6.07, 6.45) is 4.38. The van der Waals surface area contributed by atoms with Crippen molar-refractivity contribution in [2.24, 2.45) is 0 Å². The molecule has 0 unspecified atom stereocenters. The number of fused-ring (bicyclic) bond motifs is 3. The summed E-state index contributed by atoms with van der Waals surface area (Å²) in [6, 6.07) is 9.55. The number of halogens is 1. The van der Waals surface area contributed by atoms with Crippen LogP contribution in [0, 0.1) is 0 Å². The summed E-state index contributed by atoms with van der Waals surface area (Å²) in [5.41, 5.74) is 0.555. The van der Waals surface area contributed by atoms with Gasteiger partial charge in [-0.1, -0.05) is 24.4 Å². The van der Waals surface area contributed by atoms with Crippen molar-refractivity contribution < 1.29 is 19.1 Å². The van der Waals surface area contributed by atoms with Crippen molar-refractivity contribution in [2.75, 3.05) is 32.2 Å². The van der Waals surface area contributed by atoms with E-state index in [0.717, 1.165) is 38.8 Å². The van der Waals surface area contributed by atoms with Gasteiger partial charge in [-0.3, -0.25) is 14.2 Å². The number of carbonyl (C=O) groups is 2. The Hall–Kier alpha value is -3.92. The molecule has 0 spiro atoms. The lowest BCUT2D eigenvalue weighted by Crippen LogP contribution is -2.29. The Bertz CT molecular complexity index is 1570. The summed E-state index contributed by atoms with van der Waals surface area (Å²) in [5.74, 6) is 0.142.